The van der Waals surface area contributed by atoms with Gasteiger partial charge in [-0.3, -0.25) is 4.79 Å². The highest BCUT2D eigenvalue weighted by atomic mass is 79.9. The largest absolute Gasteiger partial charge is 0.434 e. The van der Waals surface area contributed by atoms with Crippen molar-refractivity contribution in [3.63, 3.8) is 0 Å². The van der Waals surface area contributed by atoms with Crippen molar-refractivity contribution in [3.8, 4) is 5.75 Å². The Labute approximate surface area is 148 Å². The van der Waals surface area contributed by atoms with E-state index in [1.165, 1.54) is 24.3 Å². The van der Waals surface area contributed by atoms with Gasteiger partial charge in [0, 0.05) is 15.6 Å². The normalized spacial score (nSPS) is 11.5. The molecule has 0 fully saturated rings. The summed E-state index contributed by atoms with van der Waals surface area (Å²) in [7, 11) is 0. The predicted octanol–water partition coefficient (Wildman–Crippen LogP) is 4.12. The number of alkyl halides is 2. The lowest BCUT2D eigenvalue weighted by Gasteiger charge is -2.08. The Morgan fingerprint density at radius 1 is 1.12 bits per heavy atom. The number of benzene rings is 2. The molecule has 1 aromatic heterocycles. The topological polar surface area (TPSA) is 75.0 Å². The number of ketones is 1. The number of imidazole rings is 1. The van der Waals surface area contributed by atoms with E-state index in [4.69, 9.17) is 0 Å². The first-order chi connectivity index (χ1) is 11.9. The summed E-state index contributed by atoms with van der Waals surface area (Å²) in [5, 5.41) is 0. The lowest BCUT2D eigenvalue weighted by atomic mass is 10.1. The Morgan fingerprint density at radius 3 is 2.64 bits per heavy atom. The molecule has 2 N–H and O–H groups in total. The summed E-state index contributed by atoms with van der Waals surface area (Å²) in [6, 6.07) is 9.23. The Bertz CT molecular complexity index is 1020. The fourth-order valence-electron chi connectivity index (χ4n) is 2.30. The number of hydrogen-bond donors (Lipinski definition) is 2. The molecule has 0 unspecified atom stereocenters. The molecule has 0 radical (unpaired) electrons. The molecule has 0 saturated carbocycles. The molecule has 2 aromatic carbocycles. The summed E-state index contributed by atoms with van der Waals surface area (Å²) in [4.78, 5) is 28.7. The Morgan fingerprint density at radius 2 is 1.88 bits per heavy atom. The maximum Gasteiger partial charge on any atom is 0.387 e. The molecule has 0 saturated heterocycles. The molecule has 1 heterocycles. The second-order valence-electron chi connectivity index (χ2n) is 5.10. The van der Waals surface area contributed by atoms with E-state index in [9.17, 15) is 18.4 Å². The van der Waals surface area contributed by atoms with Crippen LogP contribution in [0.2, 0.25) is 0 Å². The van der Waals surface area contributed by atoms with Crippen LogP contribution in [0.4, 0.5) is 8.78 Å². The number of fused-ring (bicyclic) bond motifs is 1. The van der Waals surface area contributed by atoms with E-state index in [2.05, 4.69) is 30.6 Å². The second kappa shape index (κ2) is 7.02. The summed E-state index contributed by atoms with van der Waals surface area (Å²) in [6.07, 6.45) is 2.65. The number of nitrogens with one attached hydrogen (secondary N) is 2. The van der Waals surface area contributed by atoms with Crippen LogP contribution >= 0.6 is 15.9 Å². The van der Waals surface area contributed by atoms with E-state index in [0.29, 0.717) is 26.6 Å². The van der Waals surface area contributed by atoms with Crippen molar-refractivity contribution in [1.82, 2.24) is 9.97 Å². The van der Waals surface area contributed by atoms with Crippen LogP contribution in [-0.4, -0.2) is 22.4 Å². The van der Waals surface area contributed by atoms with Crippen molar-refractivity contribution < 1.29 is 18.3 Å². The average molecular weight is 409 g/mol. The van der Waals surface area contributed by atoms with Crippen molar-refractivity contribution >= 4 is 38.8 Å². The van der Waals surface area contributed by atoms with Gasteiger partial charge in [0.15, 0.2) is 5.78 Å². The zero-order chi connectivity index (χ0) is 18.0. The van der Waals surface area contributed by atoms with E-state index >= 15 is 0 Å². The van der Waals surface area contributed by atoms with Gasteiger partial charge in [-0.05, 0) is 48.6 Å². The predicted molar refractivity (Wildman–Crippen MR) is 93.1 cm³/mol. The minimum atomic E-state index is -2.96. The van der Waals surface area contributed by atoms with Crippen LogP contribution in [0.25, 0.3) is 17.1 Å². The summed E-state index contributed by atoms with van der Waals surface area (Å²) < 4.78 is 30.0. The van der Waals surface area contributed by atoms with Crippen LogP contribution in [0.5, 0.6) is 5.75 Å². The third kappa shape index (κ3) is 4.03. The van der Waals surface area contributed by atoms with E-state index < -0.39 is 6.61 Å². The van der Waals surface area contributed by atoms with Crippen molar-refractivity contribution in [2.24, 2.45) is 0 Å². The smallest absolute Gasteiger partial charge is 0.387 e. The highest BCUT2D eigenvalue weighted by Crippen LogP contribution is 2.26. The van der Waals surface area contributed by atoms with Gasteiger partial charge in [-0.15, -0.1) is 0 Å². The Kier molecular flexibility index (Phi) is 4.80. The number of carbonyl (C=O) groups excluding carboxylic acids is 1. The molecular weight excluding hydrogens is 398 g/mol. The SMILES string of the molecule is O=C(C=Cc1cc(Br)ccc1OC(F)F)c1ccc2[nH]c(=O)[nH]c2c1. The molecular formula is C17H11BrF2N2O3. The van der Waals surface area contributed by atoms with E-state index in [-0.39, 0.29) is 17.2 Å². The van der Waals surface area contributed by atoms with E-state index in [1.54, 1.807) is 24.3 Å². The first kappa shape index (κ1) is 17.1. The maximum atomic E-state index is 12.5. The average Bonchev–Trinajstić information content (AvgIpc) is 2.93. The van der Waals surface area contributed by atoms with Crippen LogP contribution in [0.3, 0.4) is 0 Å². The maximum absolute atomic E-state index is 12.5. The number of ether oxygens (including phenoxy) is 1. The highest BCUT2D eigenvalue weighted by Gasteiger charge is 2.10. The molecule has 0 spiro atoms. The van der Waals surface area contributed by atoms with Gasteiger partial charge in [0.05, 0.1) is 11.0 Å². The van der Waals surface area contributed by atoms with Crippen molar-refractivity contribution in [2.75, 3.05) is 0 Å². The number of H-pyrrole nitrogens is 2. The monoisotopic (exact) mass is 408 g/mol. The molecule has 0 aliphatic heterocycles. The van der Waals surface area contributed by atoms with Crippen molar-refractivity contribution in [3.05, 3.63) is 68.6 Å². The molecule has 0 bridgehead atoms. The lowest BCUT2D eigenvalue weighted by Crippen LogP contribution is -2.03. The molecule has 0 atom stereocenters. The number of carbonyl (C=O) groups is 1. The van der Waals surface area contributed by atoms with E-state index in [0.717, 1.165) is 0 Å². The van der Waals surface area contributed by atoms with Gasteiger partial charge in [0.25, 0.3) is 0 Å². The molecule has 3 rings (SSSR count). The Hall–Kier alpha value is -2.74. The van der Waals surface area contributed by atoms with Gasteiger partial charge < -0.3 is 14.7 Å². The zero-order valence-corrected chi connectivity index (χ0v) is 14.1. The van der Waals surface area contributed by atoms with Gasteiger partial charge >= 0.3 is 12.3 Å². The van der Waals surface area contributed by atoms with Crippen LogP contribution in [0.1, 0.15) is 15.9 Å². The number of allylic oxidation sites excluding steroid dienone is 1. The molecule has 3 aromatic rings. The van der Waals surface area contributed by atoms with Gasteiger partial charge in [-0.25, -0.2) is 4.79 Å². The van der Waals surface area contributed by atoms with Crippen molar-refractivity contribution in [2.45, 2.75) is 6.61 Å². The third-order valence-electron chi connectivity index (χ3n) is 3.40. The Balaban J connectivity index is 1.88. The highest BCUT2D eigenvalue weighted by molar-refractivity contribution is 9.10. The van der Waals surface area contributed by atoms with Crippen LogP contribution in [0.15, 0.2) is 51.7 Å². The fourth-order valence-corrected chi connectivity index (χ4v) is 2.68. The first-order valence-electron chi connectivity index (χ1n) is 7.11. The van der Waals surface area contributed by atoms with Gasteiger partial charge in [0.1, 0.15) is 5.75 Å². The quantitative estimate of drug-likeness (QED) is 0.492. The zero-order valence-electron chi connectivity index (χ0n) is 12.6. The van der Waals surface area contributed by atoms with Gasteiger partial charge in [-0.1, -0.05) is 15.9 Å². The summed E-state index contributed by atoms with van der Waals surface area (Å²) in [5.41, 5.74) is 1.42. The van der Waals surface area contributed by atoms with Crippen molar-refractivity contribution in [1.29, 1.82) is 0 Å². The molecule has 0 aliphatic carbocycles. The molecule has 0 amide bonds. The summed E-state index contributed by atoms with van der Waals surface area (Å²) >= 11 is 3.24. The molecule has 8 heteroatoms. The van der Waals surface area contributed by atoms with Crippen LogP contribution < -0.4 is 10.4 Å². The summed E-state index contributed by atoms with van der Waals surface area (Å²) in [5.74, 6) is -0.375. The molecule has 128 valence electrons. The van der Waals surface area contributed by atoms with E-state index in [1.807, 2.05) is 0 Å². The third-order valence-corrected chi connectivity index (χ3v) is 3.90. The van der Waals surface area contributed by atoms with Gasteiger partial charge in [-0.2, -0.15) is 8.78 Å². The minimum Gasteiger partial charge on any atom is -0.434 e. The molecule has 0 aliphatic rings. The molecule has 25 heavy (non-hydrogen) atoms. The fraction of sp³-hybridized carbons (Fsp3) is 0.0588. The standard InChI is InChI=1S/C17H11BrF2N2O3/c18-11-3-6-15(25-16(19)20)10(7-11)2-5-14(23)9-1-4-12-13(8-9)22-17(24)21-12/h1-8,16H,(H2,21,22,24). The first-order valence-corrected chi connectivity index (χ1v) is 7.90. The number of aromatic nitrogens is 2. The number of aromatic amines is 2. The van der Waals surface area contributed by atoms with Crippen LogP contribution in [0, 0.1) is 0 Å². The minimum absolute atomic E-state index is 0.0346. The number of rotatable bonds is 5. The van der Waals surface area contributed by atoms with Crippen LogP contribution in [-0.2, 0) is 0 Å². The summed E-state index contributed by atoms with van der Waals surface area (Å²) in [6.45, 7) is -2.96. The second-order valence-corrected chi connectivity index (χ2v) is 6.01. The number of halogens is 3. The number of hydrogen-bond acceptors (Lipinski definition) is 3. The van der Waals surface area contributed by atoms with Gasteiger partial charge in [0.2, 0.25) is 0 Å². The lowest BCUT2D eigenvalue weighted by molar-refractivity contribution is -0.0499. The molecule has 5 nitrogen and oxygen atoms in total.